The fourth-order valence-corrected chi connectivity index (χ4v) is 1.90. The van der Waals surface area contributed by atoms with Crippen LogP contribution in [0, 0.1) is 0 Å². The van der Waals surface area contributed by atoms with E-state index in [1.165, 1.54) is 12.1 Å². The van der Waals surface area contributed by atoms with Crippen molar-refractivity contribution in [1.82, 2.24) is 5.32 Å². The van der Waals surface area contributed by atoms with Gasteiger partial charge in [-0.05, 0) is 18.9 Å². The first kappa shape index (κ1) is 15.3. The van der Waals surface area contributed by atoms with E-state index in [-0.39, 0.29) is 37.4 Å². The fraction of sp³-hybridized carbons (Fsp3) is 0.462. The van der Waals surface area contributed by atoms with Gasteiger partial charge in [0.1, 0.15) is 0 Å². The van der Waals surface area contributed by atoms with Crippen molar-refractivity contribution in [2.75, 3.05) is 19.1 Å². The Morgan fingerprint density at radius 3 is 2.57 bits per heavy atom. The van der Waals surface area contributed by atoms with Gasteiger partial charge in [0, 0.05) is 24.7 Å². The summed E-state index contributed by atoms with van der Waals surface area (Å²) in [5.41, 5.74) is 6.18. The number of fused-ring (bicyclic) bond motifs is 1. The average Bonchev–Trinajstić information content (AvgIpc) is 2.82. The summed E-state index contributed by atoms with van der Waals surface area (Å²) in [5, 5.41) is 2.53. The van der Waals surface area contributed by atoms with Gasteiger partial charge in [-0.1, -0.05) is 0 Å². The minimum Gasteiger partial charge on any atom is -0.454 e. The van der Waals surface area contributed by atoms with Crippen LogP contribution in [0.5, 0.6) is 11.5 Å². The Morgan fingerprint density at radius 1 is 1.24 bits per heavy atom. The first-order chi connectivity index (χ1) is 9.87. The smallest absolute Gasteiger partial charge is 0.389 e. The van der Waals surface area contributed by atoms with Crippen LogP contribution in [0.2, 0.25) is 0 Å². The summed E-state index contributed by atoms with van der Waals surface area (Å²) in [5.74, 6) is 0.443. The van der Waals surface area contributed by atoms with E-state index in [1.54, 1.807) is 0 Å². The van der Waals surface area contributed by atoms with Crippen molar-refractivity contribution in [3.8, 4) is 11.5 Å². The van der Waals surface area contributed by atoms with Gasteiger partial charge in [-0.3, -0.25) is 4.79 Å². The molecule has 0 aromatic heterocycles. The summed E-state index contributed by atoms with van der Waals surface area (Å²) >= 11 is 0. The number of benzene rings is 1. The van der Waals surface area contributed by atoms with Crippen molar-refractivity contribution >= 4 is 11.6 Å². The summed E-state index contributed by atoms with van der Waals surface area (Å²) in [6, 6.07) is 2.95. The van der Waals surface area contributed by atoms with Crippen LogP contribution >= 0.6 is 0 Å². The SMILES string of the molecule is Nc1cc2c(cc1C(=O)NCCCCC(F)(F)F)OCO2. The molecule has 8 heteroatoms. The van der Waals surface area contributed by atoms with E-state index in [0.717, 1.165) is 0 Å². The summed E-state index contributed by atoms with van der Waals surface area (Å²) in [7, 11) is 0. The zero-order valence-electron chi connectivity index (χ0n) is 11.1. The number of anilines is 1. The zero-order valence-corrected chi connectivity index (χ0v) is 11.1. The molecule has 0 saturated carbocycles. The lowest BCUT2D eigenvalue weighted by molar-refractivity contribution is -0.135. The second-order valence-corrected chi connectivity index (χ2v) is 4.62. The Labute approximate surface area is 119 Å². The number of nitrogens with two attached hydrogens (primary N) is 1. The predicted molar refractivity (Wildman–Crippen MR) is 69.2 cm³/mol. The molecule has 0 unspecified atom stereocenters. The van der Waals surface area contributed by atoms with Gasteiger partial charge in [0.2, 0.25) is 6.79 Å². The zero-order chi connectivity index (χ0) is 15.5. The van der Waals surface area contributed by atoms with Crippen LogP contribution in [-0.2, 0) is 0 Å². The first-order valence-corrected chi connectivity index (χ1v) is 6.41. The molecule has 1 aliphatic rings. The average molecular weight is 304 g/mol. The van der Waals surface area contributed by atoms with E-state index in [0.29, 0.717) is 11.5 Å². The van der Waals surface area contributed by atoms with E-state index >= 15 is 0 Å². The lowest BCUT2D eigenvalue weighted by atomic mass is 10.1. The van der Waals surface area contributed by atoms with Crippen molar-refractivity contribution in [2.24, 2.45) is 0 Å². The summed E-state index contributed by atoms with van der Waals surface area (Å²) in [4.78, 5) is 11.9. The van der Waals surface area contributed by atoms with E-state index in [1.807, 2.05) is 0 Å². The Bertz CT molecular complexity index is 532. The third kappa shape index (κ3) is 4.17. The molecule has 0 saturated heterocycles. The van der Waals surface area contributed by atoms with Crippen LogP contribution in [0.3, 0.4) is 0 Å². The maximum atomic E-state index is 12.0. The number of unbranched alkanes of at least 4 members (excludes halogenated alkanes) is 1. The molecule has 1 aliphatic heterocycles. The Balaban J connectivity index is 1.84. The van der Waals surface area contributed by atoms with Gasteiger partial charge in [-0.25, -0.2) is 0 Å². The van der Waals surface area contributed by atoms with Crippen molar-refractivity contribution < 1.29 is 27.4 Å². The van der Waals surface area contributed by atoms with E-state index in [9.17, 15) is 18.0 Å². The van der Waals surface area contributed by atoms with Crippen LogP contribution in [0.1, 0.15) is 29.6 Å². The van der Waals surface area contributed by atoms with Crippen molar-refractivity contribution in [3.05, 3.63) is 17.7 Å². The number of nitrogens with one attached hydrogen (secondary N) is 1. The minimum absolute atomic E-state index is 0.0274. The van der Waals surface area contributed by atoms with Crippen LogP contribution in [0.4, 0.5) is 18.9 Å². The highest BCUT2D eigenvalue weighted by Crippen LogP contribution is 2.35. The monoisotopic (exact) mass is 304 g/mol. The molecule has 1 aromatic rings. The van der Waals surface area contributed by atoms with Crippen LogP contribution in [0.25, 0.3) is 0 Å². The molecule has 1 amide bonds. The van der Waals surface area contributed by atoms with Gasteiger partial charge in [-0.2, -0.15) is 13.2 Å². The standard InChI is InChI=1S/C13H15F3N2O3/c14-13(15,16)3-1-2-4-18-12(19)8-5-10-11(6-9(8)17)21-7-20-10/h5-6H,1-4,7,17H2,(H,18,19). The maximum Gasteiger partial charge on any atom is 0.389 e. The second-order valence-electron chi connectivity index (χ2n) is 4.62. The number of nitrogen functional groups attached to an aromatic ring is 1. The van der Waals surface area contributed by atoms with E-state index in [2.05, 4.69) is 5.32 Å². The Hall–Kier alpha value is -2.12. The Kier molecular flexibility index (Phi) is 4.44. The molecule has 5 nitrogen and oxygen atoms in total. The van der Waals surface area contributed by atoms with Gasteiger partial charge in [0.05, 0.1) is 5.56 Å². The first-order valence-electron chi connectivity index (χ1n) is 6.41. The molecular formula is C13H15F3N2O3. The highest BCUT2D eigenvalue weighted by molar-refractivity contribution is 6.00. The quantitative estimate of drug-likeness (QED) is 0.647. The number of amides is 1. The number of hydrogen-bond donors (Lipinski definition) is 2. The molecule has 0 spiro atoms. The van der Waals surface area contributed by atoms with Gasteiger partial charge in [-0.15, -0.1) is 0 Å². The van der Waals surface area contributed by atoms with E-state index in [4.69, 9.17) is 15.2 Å². The molecular weight excluding hydrogens is 289 g/mol. The third-order valence-electron chi connectivity index (χ3n) is 2.96. The molecule has 0 aliphatic carbocycles. The van der Waals surface area contributed by atoms with Gasteiger partial charge in [0.25, 0.3) is 5.91 Å². The third-order valence-corrected chi connectivity index (χ3v) is 2.96. The van der Waals surface area contributed by atoms with Crippen molar-refractivity contribution in [1.29, 1.82) is 0 Å². The van der Waals surface area contributed by atoms with Crippen molar-refractivity contribution in [3.63, 3.8) is 0 Å². The number of carbonyl (C=O) groups excluding carboxylic acids is 1. The fourth-order valence-electron chi connectivity index (χ4n) is 1.90. The van der Waals surface area contributed by atoms with E-state index < -0.39 is 18.5 Å². The van der Waals surface area contributed by atoms with Gasteiger partial charge in [0.15, 0.2) is 11.5 Å². The number of alkyl halides is 3. The van der Waals surface area contributed by atoms with Gasteiger partial charge < -0.3 is 20.5 Å². The summed E-state index contributed by atoms with van der Waals surface area (Å²) in [6.45, 7) is 0.222. The topological polar surface area (TPSA) is 73.6 Å². The number of hydrogen-bond acceptors (Lipinski definition) is 4. The molecule has 116 valence electrons. The van der Waals surface area contributed by atoms with Crippen LogP contribution in [-0.4, -0.2) is 25.4 Å². The molecule has 1 heterocycles. The molecule has 0 fully saturated rings. The van der Waals surface area contributed by atoms with Crippen LogP contribution < -0.4 is 20.5 Å². The molecule has 3 N–H and O–H groups in total. The van der Waals surface area contributed by atoms with Crippen LogP contribution in [0.15, 0.2) is 12.1 Å². The number of rotatable bonds is 5. The van der Waals surface area contributed by atoms with Gasteiger partial charge >= 0.3 is 6.18 Å². The summed E-state index contributed by atoms with van der Waals surface area (Å²) in [6.07, 6.45) is -4.79. The normalized spacial score (nSPS) is 13.3. The molecule has 1 aromatic carbocycles. The lowest BCUT2D eigenvalue weighted by Gasteiger charge is -2.09. The van der Waals surface area contributed by atoms with Crippen molar-refractivity contribution in [2.45, 2.75) is 25.4 Å². The predicted octanol–water partition coefficient (Wildman–Crippen LogP) is 2.46. The Morgan fingerprint density at radius 2 is 1.90 bits per heavy atom. The number of ether oxygens (including phenoxy) is 2. The number of carbonyl (C=O) groups is 1. The highest BCUT2D eigenvalue weighted by Gasteiger charge is 2.26. The molecule has 0 bridgehead atoms. The summed E-state index contributed by atoms with van der Waals surface area (Å²) < 4.78 is 46.1. The largest absolute Gasteiger partial charge is 0.454 e. The lowest BCUT2D eigenvalue weighted by Crippen LogP contribution is -2.25. The highest BCUT2D eigenvalue weighted by atomic mass is 19.4. The molecule has 0 radical (unpaired) electrons. The molecule has 21 heavy (non-hydrogen) atoms. The maximum absolute atomic E-state index is 12.0. The molecule has 0 atom stereocenters. The molecule has 2 rings (SSSR count). The minimum atomic E-state index is -4.16. The number of halogens is 3. The second kappa shape index (κ2) is 6.11.